The molecule has 0 saturated carbocycles. The zero-order valence-corrected chi connectivity index (χ0v) is 24.4. The third kappa shape index (κ3) is 7.85. The molecule has 5 atom stereocenters. The lowest BCUT2D eigenvalue weighted by molar-refractivity contribution is -0.142. The number of carbonyl (C=O) groups excluding carboxylic acids is 3. The van der Waals surface area contributed by atoms with E-state index in [1.165, 1.54) is 11.3 Å². The molecule has 204 valence electrons. The number of hydrogen-bond acceptors (Lipinski definition) is 7. The quantitative estimate of drug-likeness (QED) is 0.323. The molecule has 0 bridgehead atoms. The molecule has 0 aromatic carbocycles. The molecule has 1 fully saturated rings. The van der Waals surface area contributed by atoms with E-state index in [-0.39, 0.29) is 47.4 Å². The molecule has 1 amide bonds. The van der Waals surface area contributed by atoms with Crippen LogP contribution in [0, 0.1) is 17.8 Å². The van der Waals surface area contributed by atoms with E-state index in [1.54, 1.807) is 12.3 Å². The minimum absolute atomic E-state index is 0.00135. The minimum Gasteiger partial charge on any atom is -0.461 e. The number of esters is 1. The van der Waals surface area contributed by atoms with Crippen LogP contribution >= 0.6 is 11.3 Å². The lowest BCUT2D eigenvalue weighted by Crippen LogP contribution is -2.48. The van der Waals surface area contributed by atoms with Crippen molar-refractivity contribution < 1.29 is 19.1 Å². The van der Waals surface area contributed by atoms with Crippen molar-refractivity contribution in [1.82, 2.24) is 14.8 Å². The highest BCUT2D eigenvalue weighted by atomic mass is 32.1. The third-order valence-corrected chi connectivity index (χ3v) is 8.93. The van der Waals surface area contributed by atoms with Gasteiger partial charge in [0.25, 0.3) is 0 Å². The summed E-state index contributed by atoms with van der Waals surface area (Å²) in [5.41, 5.74) is 0.345. The molecule has 2 rings (SSSR count). The molecule has 1 aromatic rings. The van der Waals surface area contributed by atoms with Gasteiger partial charge in [-0.1, -0.05) is 47.5 Å². The van der Waals surface area contributed by atoms with E-state index in [2.05, 4.69) is 44.5 Å². The summed E-state index contributed by atoms with van der Waals surface area (Å²) in [6.07, 6.45) is 5.00. The fraction of sp³-hybridized carbons (Fsp3) is 0.786. The molecule has 0 aliphatic carbocycles. The standard InChI is InChI=1S/C28H47N3O4S/c1-9-19(5)21(16-25(32)23-13-11-12-14-30(23)7)27(33)31(8)24(18(3)4)15-20(6)26-29-22(17-36-26)28(34)35-10-2/h17-21,23-24H,9-16H2,1-8H3/t19-,20+,21-,23?,24+/m0/s1. The molecule has 0 spiro atoms. The largest absolute Gasteiger partial charge is 0.461 e. The Morgan fingerprint density at radius 1 is 1.19 bits per heavy atom. The summed E-state index contributed by atoms with van der Waals surface area (Å²) in [6.45, 7) is 13.6. The molecule has 8 heteroatoms. The predicted octanol–water partition coefficient (Wildman–Crippen LogP) is 5.40. The van der Waals surface area contributed by atoms with Crippen LogP contribution in [-0.4, -0.2) is 71.8 Å². The van der Waals surface area contributed by atoms with E-state index in [0.717, 1.165) is 43.7 Å². The number of ether oxygens (including phenoxy) is 1. The van der Waals surface area contributed by atoms with Gasteiger partial charge >= 0.3 is 5.97 Å². The van der Waals surface area contributed by atoms with Gasteiger partial charge in [0.15, 0.2) is 11.5 Å². The van der Waals surface area contributed by atoms with Gasteiger partial charge in [-0.3, -0.25) is 14.5 Å². The number of hydrogen-bond donors (Lipinski definition) is 0. The Morgan fingerprint density at radius 3 is 2.47 bits per heavy atom. The van der Waals surface area contributed by atoms with Gasteiger partial charge in [-0.05, 0) is 51.6 Å². The Labute approximate surface area is 222 Å². The third-order valence-electron chi connectivity index (χ3n) is 7.85. The normalized spacial score (nSPS) is 20.0. The second kappa shape index (κ2) is 14.2. The van der Waals surface area contributed by atoms with Crippen LogP contribution in [0.3, 0.4) is 0 Å². The first-order valence-corrected chi connectivity index (χ1v) is 14.5. The molecule has 1 aliphatic heterocycles. The van der Waals surface area contributed by atoms with Gasteiger partial charge in [-0.2, -0.15) is 0 Å². The van der Waals surface area contributed by atoms with Crippen molar-refractivity contribution in [3.63, 3.8) is 0 Å². The highest BCUT2D eigenvalue weighted by Gasteiger charge is 2.36. The maximum atomic E-state index is 13.9. The van der Waals surface area contributed by atoms with Crippen LogP contribution in [0.2, 0.25) is 0 Å². The van der Waals surface area contributed by atoms with E-state index >= 15 is 0 Å². The van der Waals surface area contributed by atoms with Crippen molar-refractivity contribution >= 4 is 29.0 Å². The topological polar surface area (TPSA) is 79.8 Å². The highest BCUT2D eigenvalue weighted by Crippen LogP contribution is 2.31. The Hall–Kier alpha value is -1.80. The summed E-state index contributed by atoms with van der Waals surface area (Å²) in [6, 6.07) is -0.0655. The smallest absolute Gasteiger partial charge is 0.357 e. The SMILES string of the molecule is CCOC(=O)c1csc([C@H](C)C[C@H](C(C)C)N(C)C(=O)[C@@H](CC(=O)C2CCCCN2C)[C@@H](C)CC)n1. The molecule has 1 unspecified atom stereocenters. The highest BCUT2D eigenvalue weighted by molar-refractivity contribution is 7.09. The Kier molecular flexibility index (Phi) is 12.0. The fourth-order valence-electron chi connectivity index (χ4n) is 5.23. The van der Waals surface area contributed by atoms with E-state index in [9.17, 15) is 14.4 Å². The van der Waals surface area contributed by atoms with Crippen LogP contribution in [0.5, 0.6) is 0 Å². The van der Waals surface area contributed by atoms with E-state index < -0.39 is 5.97 Å². The number of carbonyl (C=O) groups is 3. The number of thiazole rings is 1. The van der Waals surface area contributed by atoms with Crippen LogP contribution in [0.25, 0.3) is 0 Å². The van der Waals surface area contributed by atoms with Crippen LogP contribution < -0.4 is 0 Å². The minimum atomic E-state index is -0.399. The fourth-order valence-corrected chi connectivity index (χ4v) is 6.09. The number of nitrogens with zero attached hydrogens (tertiary/aromatic N) is 3. The summed E-state index contributed by atoms with van der Waals surface area (Å²) >= 11 is 1.46. The summed E-state index contributed by atoms with van der Waals surface area (Å²) in [5.74, 6) is 0.0128. The maximum absolute atomic E-state index is 13.9. The second-order valence-corrected chi connectivity index (χ2v) is 11.7. The first-order chi connectivity index (χ1) is 17.0. The molecule has 1 aromatic heterocycles. The molecule has 7 nitrogen and oxygen atoms in total. The van der Waals surface area contributed by atoms with Crippen molar-refractivity contribution in [2.24, 2.45) is 17.8 Å². The molecule has 1 saturated heterocycles. The van der Waals surface area contributed by atoms with Crippen molar-refractivity contribution in [3.05, 3.63) is 16.1 Å². The van der Waals surface area contributed by atoms with Gasteiger partial charge in [-0.15, -0.1) is 11.3 Å². The zero-order valence-electron chi connectivity index (χ0n) is 23.6. The average Bonchev–Trinajstić information content (AvgIpc) is 3.35. The van der Waals surface area contributed by atoms with Gasteiger partial charge in [0.05, 0.1) is 17.7 Å². The number of rotatable bonds is 13. The average molecular weight is 522 g/mol. The maximum Gasteiger partial charge on any atom is 0.357 e. The van der Waals surface area contributed by atoms with Gasteiger partial charge in [0, 0.05) is 36.7 Å². The second-order valence-electron chi connectivity index (χ2n) is 10.8. The lowest BCUT2D eigenvalue weighted by Gasteiger charge is -2.37. The predicted molar refractivity (Wildman–Crippen MR) is 145 cm³/mol. The zero-order chi connectivity index (χ0) is 27.0. The van der Waals surface area contributed by atoms with Crippen molar-refractivity contribution in [3.8, 4) is 0 Å². The summed E-state index contributed by atoms with van der Waals surface area (Å²) in [4.78, 5) is 47.7. The lowest BCUT2D eigenvalue weighted by atomic mass is 9.82. The Bertz CT molecular complexity index is 871. The van der Waals surface area contributed by atoms with Gasteiger partial charge < -0.3 is 9.64 Å². The van der Waals surface area contributed by atoms with Gasteiger partial charge in [-0.25, -0.2) is 9.78 Å². The number of Topliss-reactive ketones (excluding diaryl/α,β-unsaturated/α-hetero) is 1. The van der Waals surface area contributed by atoms with E-state index in [0.29, 0.717) is 18.7 Å². The molecule has 0 N–H and O–H groups in total. The Balaban J connectivity index is 2.15. The molecule has 36 heavy (non-hydrogen) atoms. The number of amides is 1. The van der Waals surface area contributed by atoms with Crippen molar-refractivity contribution in [2.45, 2.75) is 98.1 Å². The van der Waals surface area contributed by atoms with Gasteiger partial charge in [0.2, 0.25) is 5.91 Å². The first-order valence-electron chi connectivity index (χ1n) is 13.6. The monoisotopic (exact) mass is 521 g/mol. The molecule has 0 radical (unpaired) electrons. The molecular weight excluding hydrogens is 474 g/mol. The van der Waals surface area contributed by atoms with Crippen molar-refractivity contribution in [1.29, 1.82) is 0 Å². The summed E-state index contributed by atoms with van der Waals surface area (Å²) < 4.78 is 5.07. The van der Waals surface area contributed by atoms with Crippen LogP contribution in [0.15, 0.2) is 5.38 Å². The molecular formula is C28H47N3O4S. The number of piperidine rings is 1. The summed E-state index contributed by atoms with van der Waals surface area (Å²) in [7, 11) is 3.91. The number of likely N-dealkylation sites (N-methyl/N-ethyl adjacent to an activating group) is 1. The summed E-state index contributed by atoms with van der Waals surface area (Å²) in [5, 5.41) is 2.62. The molecule has 2 heterocycles. The number of aromatic nitrogens is 1. The van der Waals surface area contributed by atoms with E-state index in [4.69, 9.17) is 4.74 Å². The van der Waals surface area contributed by atoms with Crippen LogP contribution in [0.1, 0.15) is 101 Å². The Morgan fingerprint density at radius 2 is 1.89 bits per heavy atom. The first kappa shape index (κ1) is 30.4. The number of likely N-dealkylation sites (tertiary alicyclic amines) is 1. The van der Waals surface area contributed by atoms with Crippen molar-refractivity contribution in [2.75, 3.05) is 27.2 Å². The molecule has 1 aliphatic rings. The van der Waals surface area contributed by atoms with Crippen LogP contribution in [-0.2, 0) is 14.3 Å². The van der Waals surface area contributed by atoms with Gasteiger partial charge in [0.1, 0.15) is 0 Å². The van der Waals surface area contributed by atoms with E-state index in [1.807, 2.05) is 19.0 Å². The van der Waals surface area contributed by atoms with Crippen LogP contribution in [0.4, 0.5) is 0 Å². The number of ketones is 1.